The maximum Gasteiger partial charge on any atom is 0.106 e. The molecule has 102 valence electrons. The second-order valence-electron chi connectivity index (χ2n) is 5.93. The molecule has 0 atom stereocenters. The molecule has 2 nitrogen and oxygen atoms in total. The first-order chi connectivity index (χ1) is 9.24. The molecular formula is C16H21BrN2. The molecule has 0 amide bonds. The number of hydrogen-bond donors (Lipinski definition) is 0. The van der Waals surface area contributed by atoms with Gasteiger partial charge in [0.25, 0.3) is 0 Å². The number of aromatic nitrogens is 2. The van der Waals surface area contributed by atoms with Crippen LogP contribution in [0.2, 0.25) is 0 Å². The molecule has 3 heteroatoms. The molecule has 0 bridgehead atoms. The summed E-state index contributed by atoms with van der Waals surface area (Å²) in [6.45, 7) is 3.23. The van der Waals surface area contributed by atoms with E-state index in [0.717, 1.165) is 23.2 Å². The quantitative estimate of drug-likeness (QED) is 0.750. The Morgan fingerprint density at radius 2 is 1.95 bits per heavy atom. The summed E-state index contributed by atoms with van der Waals surface area (Å²) in [5.74, 6) is 1.15. The zero-order valence-electron chi connectivity index (χ0n) is 11.5. The Hall–Kier alpha value is -0.830. The molecule has 1 aliphatic carbocycles. The Balaban J connectivity index is 1.97. The Morgan fingerprint density at radius 3 is 2.68 bits per heavy atom. The Labute approximate surface area is 123 Å². The van der Waals surface area contributed by atoms with Gasteiger partial charge in [0.15, 0.2) is 0 Å². The lowest BCUT2D eigenvalue weighted by Gasteiger charge is -2.36. The lowest BCUT2D eigenvalue weighted by atomic mass is 9.75. The van der Waals surface area contributed by atoms with E-state index < -0.39 is 0 Å². The van der Waals surface area contributed by atoms with Gasteiger partial charge >= 0.3 is 0 Å². The number of aryl methyl sites for hydroxylation is 1. The van der Waals surface area contributed by atoms with Gasteiger partial charge in [0.1, 0.15) is 5.82 Å². The number of hydrogen-bond acceptors (Lipinski definition) is 1. The van der Waals surface area contributed by atoms with Gasteiger partial charge in [-0.05, 0) is 37.3 Å². The van der Waals surface area contributed by atoms with Gasteiger partial charge in [0.2, 0.25) is 0 Å². The van der Waals surface area contributed by atoms with Crippen molar-refractivity contribution < 1.29 is 0 Å². The molecule has 3 rings (SSSR count). The van der Waals surface area contributed by atoms with E-state index in [0.29, 0.717) is 5.41 Å². The summed E-state index contributed by atoms with van der Waals surface area (Å²) in [5, 5.41) is 1.10. The zero-order chi connectivity index (χ0) is 13.3. The Bertz CT molecular complexity index is 567. The third kappa shape index (κ3) is 2.45. The Kier molecular flexibility index (Phi) is 3.66. The number of imidazole rings is 1. The number of nitrogens with zero attached hydrogens (tertiary/aromatic N) is 2. The van der Waals surface area contributed by atoms with Crippen LogP contribution in [0.5, 0.6) is 0 Å². The number of benzene rings is 1. The fourth-order valence-corrected chi connectivity index (χ4v) is 4.10. The van der Waals surface area contributed by atoms with Crippen LogP contribution in [0.25, 0.3) is 11.0 Å². The van der Waals surface area contributed by atoms with Gasteiger partial charge in [0, 0.05) is 11.9 Å². The molecule has 1 heterocycles. The van der Waals surface area contributed by atoms with Gasteiger partial charge < -0.3 is 4.57 Å². The minimum Gasteiger partial charge on any atom is -0.328 e. The number of halogens is 1. The van der Waals surface area contributed by atoms with Crippen LogP contribution in [0.1, 0.15) is 37.9 Å². The topological polar surface area (TPSA) is 17.8 Å². The van der Waals surface area contributed by atoms with Crippen molar-refractivity contribution in [3.8, 4) is 0 Å². The third-order valence-electron chi connectivity index (χ3n) is 4.54. The molecule has 1 fully saturated rings. The van der Waals surface area contributed by atoms with Crippen molar-refractivity contribution in [2.24, 2.45) is 5.41 Å². The third-order valence-corrected chi connectivity index (χ3v) is 5.73. The molecule has 0 spiro atoms. The highest BCUT2D eigenvalue weighted by molar-refractivity contribution is 9.09. The van der Waals surface area contributed by atoms with E-state index in [1.165, 1.54) is 37.6 Å². The average molecular weight is 321 g/mol. The van der Waals surface area contributed by atoms with E-state index in [9.17, 15) is 0 Å². The number of fused-ring (bicyclic) bond motifs is 1. The highest BCUT2D eigenvalue weighted by Crippen LogP contribution is 2.40. The summed E-state index contributed by atoms with van der Waals surface area (Å²) in [4.78, 5) is 4.69. The summed E-state index contributed by atoms with van der Waals surface area (Å²) in [6.07, 6.45) is 6.82. The second-order valence-corrected chi connectivity index (χ2v) is 6.49. The van der Waals surface area contributed by atoms with Gasteiger partial charge in [-0.1, -0.05) is 47.3 Å². The largest absolute Gasteiger partial charge is 0.328 e. The van der Waals surface area contributed by atoms with Gasteiger partial charge in [-0.15, -0.1) is 0 Å². The monoisotopic (exact) mass is 320 g/mol. The van der Waals surface area contributed by atoms with E-state index >= 15 is 0 Å². The summed E-state index contributed by atoms with van der Waals surface area (Å²) < 4.78 is 2.42. The molecule has 19 heavy (non-hydrogen) atoms. The number of para-hydroxylation sites is 2. The minimum atomic E-state index is 0.423. The predicted octanol–water partition coefficient (Wildman–Crippen LogP) is 4.69. The molecule has 1 aromatic heterocycles. The van der Waals surface area contributed by atoms with Gasteiger partial charge in [-0.25, -0.2) is 4.98 Å². The van der Waals surface area contributed by atoms with Crippen LogP contribution < -0.4 is 0 Å². The van der Waals surface area contributed by atoms with E-state index in [2.05, 4.69) is 51.7 Å². The smallest absolute Gasteiger partial charge is 0.106 e. The first kappa shape index (κ1) is 13.2. The fraction of sp³-hybridized carbons (Fsp3) is 0.562. The van der Waals surface area contributed by atoms with Crippen LogP contribution in [0.15, 0.2) is 24.3 Å². The molecule has 0 radical (unpaired) electrons. The molecule has 1 aliphatic rings. The van der Waals surface area contributed by atoms with Crippen molar-refractivity contribution in [2.45, 2.75) is 45.6 Å². The summed E-state index contributed by atoms with van der Waals surface area (Å²) >= 11 is 3.77. The maximum atomic E-state index is 4.69. The molecule has 1 aromatic carbocycles. The average Bonchev–Trinajstić information content (AvgIpc) is 2.76. The standard InChI is InChI=1S/C16H21BrN2/c1-13-18-14-7-3-4-8-15(14)19(13)12-16(11-17)9-5-2-6-10-16/h3-4,7-8H,2,5-6,9-12H2,1H3. The van der Waals surface area contributed by atoms with Crippen LogP contribution in [0.4, 0.5) is 0 Å². The predicted molar refractivity (Wildman–Crippen MR) is 83.8 cm³/mol. The molecule has 2 aromatic rings. The van der Waals surface area contributed by atoms with Crippen molar-refractivity contribution in [2.75, 3.05) is 5.33 Å². The van der Waals surface area contributed by atoms with Crippen molar-refractivity contribution in [3.63, 3.8) is 0 Å². The normalized spacial score (nSPS) is 18.8. The van der Waals surface area contributed by atoms with E-state index in [4.69, 9.17) is 4.98 Å². The van der Waals surface area contributed by atoms with E-state index in [1.807, 2.05) is 0 Å². The van der Waals surface area contributed by atoms with Crippen LogP contribution in [0.3, 0.4) is 0 Å². The van der Waals surface area contributed by atoms with Crippen molar-refractivity contribution in [3.05, 3.63) is 30.1 Å². The van der Waals surface area contributed by atoms with Crippen molar-refractivity contribution in [1.29, 1.82) is 0 Å². The molecule has 0 saturated heterocycles. The van der Waals surface area contributed by atoms with Crippen LogP contribution in [-0.4, -0.2) is 14.9 Å². The zero-order valence-corrected chi connectivity index (χ0v) is 13.1. The SMILES string of the molecule is Cc1nc2ccccc2n1CC1(CBr)CCCCC1. The Morgan fingerprint density at radius 1 is 1.21 bits per heavy atom. The van der Waals surface area contributed by atoms with Crippen molar-refractivity contribution in [1.82, 2.24) is 9.55 Å². The van der Waals surface area contributed by atoms with Crippen LogP contribution >= 0.6 is 15.9 Å². The van der Waals surface area contributed by atoms with Crippen LogP contribution in [0, 0.1) is 12.3 Å². The molecule has 0 unspecified atom stereocenters. The number of rotatable bonds is 3. The summed E-state index contributed by atoms with van der Waals surface area (Å²) in [5.41, 5.74) is 2.83. The lowest BCUT2D eigenvalue weighted by molar-refractivity contribution is 0.192. The van der Waals surface area contributed by atoms with Gasteiger partial charge in [-0.2, -0.15) is 0 Å². The first-order valence-corrected chi connectivity index (χ1v) is 8.34. The number of alkyl halides is 1. The van der Waals surface area contributed by atoms with E-state index in [1.54, 1.807) is 0 Å². The summed E-state index contributed by atoms with van der Waals surface area (Å²) in [7, 11) is 0. The first-order valence-electron chi connectivity index (χ1n) is 7.22. The van der Waals surface area contributed by atoms with Crippen LogP contribution in [-0.2, 0) is 6.54 Å². The van der Waals surface area contributed by atoms with E-state index in [-0.39, 0.29) is 0 Å². The highest BCUT2D eigenvalue weighted by atomic mass is 79.9. The second kappa shape index (κ2) is 5.28. The highest BCUT2D eigenvalue weighted by Gasteiger charge is 2.32. The fourth-order valence-electron chi connectivity index (χ4n) is 3.37. The van der Waals surface area contributed by atoms with Gasteiger partial charge in [0.05, 0.1) is 11.0 Å². The molecular weight excluding hydrogens is 300 g/mol. The lowest BCUT2D eigenvalue weighted by Crippen LogP contribution is -2.31. The maximum absolute atomic E-state index is 4.69. The summed E-state index contributed by atoms with van der Waals surface area (Å²) in [6, 6.07) is 8.49. The van der Waals surface area contributed by atoms with Gasteiger partial charge in [-0.3, -0.25) is 0 Å². The minimum absolute atomic E-state index is 0.423. The van der Waals surface area contributed by atoms with Crippen molar-refractivity contribution >= 4 is 27.0 Å². The molecule has 1 saturated carbocycles. The molecule has 0 N–H and O–H groups in total. The molecule has 0 aliphatic heterocycles.